The van der Waals surface area contributed by atoms with Gasteiger partial charge in [0.25, 0.3) is 10.0 Å². The predicted octanol–water partition coefficient (Wildman–Crippen LogP) is 1.01. The van der Waals surface area contributed by atoms with E-state index in [4.69, 9.17) is 4.74 Å². The molecule has 0 aliphatic rings. The monoisotopic (exact) mass is 221 g/mol. The van der Waals surface area contributed by atoms with Crippen LogP contribution >= 0.6 is 11.3 Å². The molecule has 0 radical (unpaired) electrons. The Kier molecular flexibility index (Phi) is 2.94. The summed E-state index contributed by atoms with van der Waals surface area (Å²) in [5, 5.41) is 0.598. The lowest BCUT2D eigenvalue weighted by molar-refractivity contribution is 0.427. The van der Waals surface area contributed by atoms with Gasteiger partial charge >= 0.3 is 0 Å². The van der Waals surface area contributed by atoms with Gasteiger partial charge in [-0.1, -0.05) is 11.3 Å². The number of methoxy groups -OCH3 is 1. The summed E-state index contributed by atoms with van der Waals surface area (Å²) in [6.07, 6.45) is 0. The summed E-state index contributed by atoms with van der Waals surface area (Å²) >= 11 is 1.12. The molecular formula is C7H11NO3S2. The molecule has 1 aromatic rings. The minimum atomic E-state index is -3.29. The standard InChI is InChI=1S/C7H11NO3S2/c1-8(2)13(9,10)7-5-4-6(11-3)12-7/h4-5H,1-3H3. The number of nitrogens with zero attached hydrogens (tertiary/aromatic N) is 1. The molecule has 0 aliphatic carbocycles. The van der Waals surface area contributed by atoms with E-state index in [1.807, 2.05) is 0 Å². The van der Waals surface area contributed by atoms with Crippen LogP contribution in [0.15, 0.2) is 16.3 Å². The van der Waals surface area contributed by atoms with Crippen molar-refractivity contribution in [3.63, 3.8) is 0 Å². The third-order valence-electron chi connectivity index (χ3n) is 1.49. The van der Waals surface area contributed by atoms with Gasteiger partial charge in [0.1, 0.15) is 4.21 Å². The van der Waals surface area contributed by atoms with Crippen molar-refractivity contribution in [3.8, 4) is 5.06 Å². The van der Waals surface area contributed by atoms with Crippen molar-refractivity contribution in [1.29, 1.82) is 0 Å². The normalized spacial score (nSPS) is 12.0. The second-order valence-corrected chi connectivity index (χ2v) is 5.99. The molecule has 0 amide bonds. The molecule has 1 heterocycles. The molecular weight excluding hydrogens is 210 g/mol. The average Bonchev–Trinajstić information content (AvgIpc) is 2.51. The Morgan fingerprint density at radius 1 is 1.38 bits per heavy atom. The van der Waals surface area contributed by atoms with Gasteiger partial charge in [-0.2, -0.15) is 0 Å². The molecule has 0 N–H and O–H groups in total. The zero-order valence-corrected chi connectivity index (χ0v) is 9.28. The van der Waals surface area contributed by atoms with Gasteiger partial charge < -0.3 is 4.74 Å². The molecule has 0 fully saturated rings. The maximum Gasteiger partial charge on any atom is 0.252 e. The van der Waals surface area contributed by atoms with Crippen molar-refractivity contribution in [2.24, 2.45) is 0 Å². The molecule has 13 heavy (non-hydrogen) atoms. The van der Waals surface area contributed by atoms with Crippen molar-refractivity contribution in [1.82, 2.24) is 4.31 Å². The fourth-order valence-corrected chi connectivity index (χ4v) is 3.00. The maximum atomic E-state index is 11.5. The molecule has 4 nitrogen and oxygen atoms in total. The van der Waals surface area contributed by atoms with Crippen molar-refractivity contribution in [2.75, 3.05) is 21.2 Å². The Morgan fingerprint density at radius 2 is 2.00 bits per heavy atom. The van der Waals surface area contributed by atoms with Crippen LogP contribution < -0.4 is 4.74 Å². The fraction of sp³-hybridized carbons (Fsp3) is 0.429. The van der Waals surface area contributed by atoms with Gasteiger partial charge in [-0.25, -0.2) is 12.7 Å². The van der Waals surface area contributed by atoms with E-state index < -0.39 is 10.0 Å². The molecule has 6 heteroatoms. The molecule has 0 aromatic carbocycles. The van der Waals surface area contributed by atoms with Crippen LogP contribution in [0.1, 0.15) is 0 Å². The number of thiophene rings is 1. The molecule has 0 unspecified atom stereocenters. The smallest absolute Gasteiger partial charge is 0.252 e. The van der Waals surface area contributed by atoms with Crippen LogP contribution in [0, 0.1) is 0 Å². The summed E-state index contributed by atoms with van der Waals surface area (Å²) in [5.41, 5.74) is 0. The number of sulfonamides is 1. The van der Waals surface area contributed by atoms with E-state index >= 15 is 0 Å². The van der Waals surface area contributed by atoms with E-state index in [-0.39, 0.29) is 0 Å². The van der Waals surface area contributed by atoms with Crippen molar-refractivity contribution in [2.45, 2.75) is 4.21 Å². The second-order valence-electron chi connectivity index (χ2n) is 2.57. The van der Waals surface area contributed by atoms with E-state index in [9.17, 15) is 8.42 Å². The SMILES string of the molecule is COc1ccc(S(=O)(=O)N(C)C)s1. The number of hydrogen-bond donors (Lipinski definition) is 0. The van der Waals surface area contributed by atoms with Gasteiger partial charge in [0, 0.05) is 14.1 Å². The lowest BCUT2D eigenvalue weighted by atomic mass is 10.6. The molecule has 0 aliphatic heterocycles. The second kappa shape index (κ2) is 3.65. The third kappa shape index (κ3) is 2.01. The van der Waals surface area contributed by atoms with Crippen LogP contribution in [-0.4, -0.2) is 33.9 Å². The fourth-order valence-electron chi connectivity index (χ4n) is 0.732. The van der Waals surface area contributed by atoms with Crippen molar-refractivity contribution in [3.05, 3.63) is 12.1 Å². The molecule has 1 rings (SSSR count). The summed E-state index contributed by atoms with van der Waals surface area (Å²) in [7, 11) is 1.22. The number of ether oxygens (including phenoxy) is 1. The Labute approximate surface area is 81.8 Å². The predicted molar refractivity (Wildman–Crippen MR) is 51.7 cm³/mol. The Balaban J connectivity index is 3.09. The van der Waals surface area contributed by atoms with Crippen LogP contribution in [0.25, 0.3) is 0 Å². The van der Waals surface area contributed by atoms with Crippen LogP contribution in [0.3, 0.4) is 0 Å². The van der Waals surface area contributed by atoms with Crippen LogP contribution in [0.5, 0.6) is 5.06 Å². The van der Waals surface area contributed by atoms with Gasteiger partial charge in [0.2, 0.25) is 0 Å². The number of hydrogen-bond acceptors (Lipinski definition) is 4. The van der Waals surface area contributed by atoms with Crippen LogP contribution in [-0.2, 0) is 10.0 Å². The Morgan fingerprint density at radius 3 is 2.38 bits per heavy atom. The van der Waals surface area contributed by atoms with Gasteiger partial charge in [-0.05, 0) is 12.1 Å². The highest BCUT2D eigenvalue weighted by Gasteiger charge is 2.19. The molecule has 0 spiro atoms. The molecule has 74 valence electrons. The lowest BCUT2D eigenvalue weighted by Crippen LogP contribution is -2.21. The highest BCUT2D eigenvalue weighted by molar-refractivity contribution is 7.91. The van der Waals surface area contributed by atoms with E-state index in [1.54, 1.807) is 12.1 Å². The lowest BCUT2D eigenvalue weighted by Gasteiger charge is -2.07. The first-order chi connectivity index (χ1) is 5.98. The highest BCUT2D eigenvalue weighted by Crippen LogP contribution is 2.28. The zero-order chi connectivity index (χ0) is 10.1. The zero-order valence-electron chi connectivity index (χ0n) is 7.64. The first-order valence-electron chi connectivity index (χ1n) is 3.55. The Hall–Kier alpha value is -0.590. The minimum Gasteiger partial charge on any atom is -0.487 e. The average molecular weight is 221 g/mol. The first-order valence-corrected chi connectivity index (χ1v) is 5.80. The van der Waals surface area contributed by atoms with Crippen LogP contribution in [0.2, 0.25) is 0 Å². The van der Waals surface area contributed by atoms with Gasteiger partial charge in [-0.3, -0.25) is 0 Å². The van der Waals surface area contributed by atoms with E-state index in [0.29, 0.717) is 9.27 Å². The molecule has 1 aromatic heterocycles. The topological polar surface area (TPSA) is 46.6 Å². The maximum absolute atomic E-state index is 11.5. The van der Waals surface area contributed by atoms with Crippen molar-refractivity contribution >= 4 is 21.4 Å². The highest BCUT2D eigenvalue weighted by atomic mass is 32.2. The summed E-state index contributed by atoms with van der Waals surface area (Å²) in [5.74, 6) is 0. The molecule has 0 saturated carbocycles. The van der Waals surface area contributed by atoms with E-state index in [2.05, 4.69) is 0 Å². The van der Waals surface area contributed by atoms with Gasteiger partial charge in [-0.15, -0.1) is 0 Å². The third-order valence-corrected chi connectivity index (χ3v) is 4.82. The summed E-state index contributed by atoms with van der Waals surface area (Å²) < 4.78 is 29.5. The molecule has 0 saturated heterocycles. The summed E-state index contributed by atoms with van der Waals surface area (Å²) in [6.45, 7) is 0. The van der Waals surface area contributed by atoms with E-state index in [1.165, 1.54) is 25.5 Å². The minimum absolute atomic E-state index is 0.300. The largest absolute Gasteiger partial charge is 0.487 e. The van der Waals surface area contributed by atoms with Crippen LogP contribution in [0.4, 0.5) is 0 Å². The Bertz CT molecular complexity index is 380. The van der Waals surface area contributed by atoms with E-state index in [0.717, 1.165) is 11.3 Å². The summed E-state index contributed by atoms with van der Waals surface area (Å²) in [6, 6.07) is 3.18. The first kappa shape index (κ1) is 10.5. The van der Waals surface area contributed by atoms with Gasteiger partial charge in [0.05, 0.1) is 7.11 Å². The van der Waals surface area contributed by atoms with Gasteiger partial charge in [0.15, 0.2) is 5.06 Å². The summed E-state index contributed by atoms with van der Waals surface area (Å²) in [4.78, 5) is 0. The quantitative estimate of drug-likeness (QED) is 0.765. The number of rotatable bonds is 3. The van der Waals surface area contributed by atoms with Crippen molar-refractivity contribution < 1.29 is 13.2 Å². The molecule has 0 bridgehead atoms. The molecule has 0 atom stereocenters.